The van der Waals surface area contributed by atoms with E-state index in [4.69, 9.17) is 5.73 Å². The Kier molecular flexibility index (Phi) is 3.00. The molecule has 2 aromatic heterocycles. The molecule has 3 rings (SSSR count). The third-order valence-corrected chi connectivity index (χ3v) is 3.25. The van der Waals surface area contributed by atoms with E-state index in [2.05, 4.69) is 36.1 Å². The molecule has 0 aliphatic carbocycles. The zero-order valence-electron chi connectivity index (χ0n) is 9.84. The van der Waals surface area contributed by atoms with Crippen molar-refractivity contribution >= 4 is 21.7 Å². The minimum Gasteiger partial charge on any atom is -0.382 e. The number of nitrogens with zero attached hydrogens (tertiary/aromatic N) is 3. The Morgan fingerprint density at radius 2 is 1.74 bits per heavy atom. The van der Waals surface area contributed by atoms with Crippen molar-refractivity contribution in [2.45, 2.75) is 0 Å². The lowest BCUT2D eigenvalue weighted by Gasteiger charge is -2.03. The molecule has 3 aromatic rings. The van der Waals surface area contributed by atoms with E-state index in [1.54, 1.807) is 18.5 Å². The molecule has 0 radical (unpaired) electrons. The molecule has 3 N–H and O–H groups in total. The largest absolute Gasteiger partial charge is 0.382 e. The highest BCUT2D eigenvalue weighted by atomic mass is 79.9. The van der Waals surface area contributed by atoms with Gasteiger partial charge >= 0.3 is 0 Å². The van der Waals surface area contributed by atoms with Gasteiger partial charge in [-0.3, -0.25) is 5.10 Å². The molecule has 5 nitrogen and oxygen atoms in total. The molecule has 0 amide bonds. The van der Waals surface area contributed by atoms with Crippen LogP contribution in [0.3, 0.4) is 0 Å². The van der Waals surface area contributed by atoms with Crippen molar-refractivity contribution in [1.82, 2.24) is 20.2 Å². The number of nitrogens with two attached hydrogens (primary N) is 1. The summed E-state index contributed by atoms with van der Waals surface area (Å²) in [6.45, 7) is 0. The van der Waals surface area contributed by atoms with Crippen LogP contribution in [0.2, 0.25) is 0 Å². The highest BCUT2D eigenvalue weighted by Gasteiger charge is 2.16. The summed E-state index contributed by atoms with van der Waals surface area (Å²) in [6, 6.07) is 9.62. The minimum absolute atomic E-state index is 0.435. The molecule has 1 aromatic carbocycles. The smallest absolute Gasteiger partial charge is 0.178 e. The van der Waals surface area contributed by atoms with Gasteiger partial charge in [-0.15, -0.1) is 0 Å². The van der Waals surface area contributed by atoms with Crippen LogP contribution in [-0.4, -0.2) is 20.2 Å². The maximum atomic E-state index is 5.94. The molecule has 6 heteroatoms. The highest BCUT2D eigenvalue weighted by molar-refractivity contribution is 9.10. The third kappa shape index (κ3) is 2.22. The summed E-state index contributed by atoms with van der Waals surface area (Å²) in [5.74, 6) is 1.01. The van der Waals surface area contributed by atoms with Crippen LogP contribution in [0.15, 0.2) is 47.2 Å². The zero-order chi connectivity index (χ0) is 13.2. The molecule has 0 saturated carbocycles. The number of nitrogen functional groups attached to an aromatic ring is 1. The normalized spacial score (nSPS) is 10.6. The van der Waals surface area contributed by atoms with Crippen LogP contribution in [0, 0.1) is 0 Å². The Balaban J connectivity index is 2.17. The first-order chi connectivity index (χ1) is 9.25. The van der Waals surface area contributed by atoms with Crippen molar-refractivity contribution in [2.24, 2.45) is 0 Å². The fraction of sp³-hybridized carbons (Fsp3) is 0. The first kappa shape index (κ1) is 11.9. The molecule has 0 spiro atoms. The molecule has 94 valence electrons. The molecular formula is C13H10BrN5. The van der Waals surface area contributed by atoms with Gasteiger partial charge in [0.15, 0.2) is 11.6 Å². The average Bonchev–Trinajstić information content (AvgIpc) is 2.83. The highest BCUT2D eigenvalue weighted by Crippen LogP contribution is 2.33. The lowest BCUT2D eigenvalue weighted by Crippen LogP contribution is -1.91. The quantitative estimate of drug-likeness (QED) is 0.762. The monoisotopic (exact) mass is 315 g/mol. The second kappa shape index (κ2) is 4.81. The topological polar surface area (TPSA) is 80.5 Å². The van der Waals surface area contributed by atoms with Crippen LogP contribution >= 0.6 is 15.9 Å². The van der Waals surface area contributed by atoms with Gasteiger partial charge < -0.3 is 5.73 Å². The number of anilines is 1. The maximum Gasteiger partial charge on any atom is 0.178 e. The Hall–Kier alpha value is -2.21. The van der Waals surface area contributed by atoms with Gasteiger partial charge in [-0.1, -0.05) is 28.1 Å². The fourth-order valence-electron chi connectivity index (χ4n) is 1.85. The van der Waals surface area contributed by atoms with E-state index in [9.17, 15) is 0 Å². The Morgan fingerprint density at radius 1 is 1.05 bits per heavy atom. The molecule has 0 unspecified atom stereocenters. The van der Waals surface area contributed by atoms with Crippen molar-refractivity contribution in [3.8, 4) is 22.6 Å². The SMILES string of the molecule is Nc1n[nH]c(-c2ncccn2)c1-c1ccc(Br)cc1. The standard InChI is InChI=1S/C13H10BrN5/c14-9-4-2-8(3-5-9)10-11(18-19-12(10)15)13-16-6-1-7-17-13/h1-7H,(H3,15,18,19). The van der Waals surface area contributed by atoms with Crippen molar-refractivity contribution < 1.29 is 0 Å². The number of nitrogens with one attached hydrogen (secondary N) is 1. The van der Waals surface area contributed by atoms with Crippen LogP contribution in [0.4, 0.5) is 5.82 Å². The fourth-order valence-corrected chi connectivity index (χ4v) is 2.12. The molecule has 2 heterocycles. The van der Waals surface area contributed by atoms with Crippen molar-refractivity contribution in [3.05, 3.63) is 47.2 Å². The summed E-state index contributed by atoms with van der Waals surface area (Å²) in [7, 11) is 0. The van der Waals surface area contributed by atoms with Crippen LogP contribution in [0.25, 0.3) is 22.6 Å². The van der Waals surface area contributed by atoms with Gasteiger partial charge in [0.05, 0.1) is 5.56 Å². The van der Waals surface area contributed by atoms with Gasteiger partial charge in [-0.25, -0.2) is 9.97 Å². The predicted octanol–water partition coefficient (Wildman–Crippen LogP) is 2.88. The molecule has 0 aliphatic rings. The van der Waals surface area contributed by atoms with Crippen LogP contribution < -0.4 is 5.73 Å². The van der Waals surface area contributed by atoms with Crippen LogP contribution in [0.5, 0.6) is 0 Å². The van der Waals surface area contributed by atoms with E-state index in [0.717, 1.165) is 21.3 Å². The van der Waals surface area contributed by atoms with Crippen LogP contribution in [0.1, 0.15) is 0 Å². The van der Waals surface area contributed by atoms with Gasteiger partial charge in [-0.05, 0) is 23.8 Å². The molecular weight excluding hydrogens is 306 g/mol. The van der Waals surface area contributed by atoms with Crippen molar-refractivity contribution in [1.29, 1.82) is 0 Å². The molecule has 0 aliphatic heterocycles. The number of halogens is 1. The number of benzene rings is 1. The Bertz CT molecular complexity index is 691. The first-order valence-corrected chi connectivity index (χ1v) is 6.42. The summed E-state index contributed by atoms with van der Waals surface area (Å²) >= 11 is 3.41. The second-order valence-corrected chi connectivity index (χ2v) is 4.85. The van der Waals surface area contributed by atoms with E-state index < -0.39 is 0 Å². The molecule has 0 saturated heterocycles. The molecule has 0 atom stereocenters. The number of aromatic amines is 1. The first-order valence-electron chi connectivity index (χ1n) is 5.63. The Labute approximate surface area is 118 Å². The molecule has 0 fully saturated rings. The minimum atomic E-state index is 0.435. The van der Waals surface area contributed by atoms with E-state index in [0.29, 0.717) is 11.6 Å². The molecule has 19 heavy (non-hydrogen) atoms. The summed E-state index contributed by atoms with van der Waals surface area (Å²) < 4.78 is 1.01. The predicted molar refractivity (Wildman–Crippen MR) is 77.2 cm³/mol. The Morgan fingerprint density at radius 3 is 2.42 bits per heavy atom. The summed E-state index contributed by atoms with van der Waals surface area (Å²) in [5.41, 5.74) is 8.45. The van der Waals surface area contributed by atoms with Crippen molar-refractivity contribution in [3.63, 3.8) is 0 Å². The second-order valence-electron chi connectivity index (χ2n) is 3.94. The summed E-state index contributed by atoms with van der Waals surface area (Å²) in [6.07, 6.45) is 3.37. The number of hydrogen-bond acceptors (Lipinski definition) is 4. The van der Waals surface area contributed by atoms with E-state index in [-0.39, 0.29) is 0 Å². The van der Waals surface area contributed by atoms with Crippen molar-refractivity contribution in [2.75, 3.05) is 5.73 Å². The lowest BCUT2D eigenvalue weighted by molar-refractivity contribution is 1.07. The number of hydrogen-bond donors (Lipinski definition) is 2. The zero-order valence-corrected chi connectivity index (χ0v) is 11.4. The van der Waals surface area contributed by atoms with Gasteiger partial charge in [0.25, 0.3) is 0 Å². The third-order valence-electron chi connectivity index (χ3n) is 2.72. The number of rotatable bonds is 2. The average molecular weight is 316 g/mol. The van der Waals surface area contributed by atoms with Gasteiger partial charge in [-0.2, -0.15) is 5.10 Å². The van der Waals surface area contributed by atoms with E-state index >= 15 is 0 Å². The van der Waals surface area contributed by atoms with Gasteiger partial charge in [0.1, 0.15) is 5.69 Å². The summed E-state index contributed by atoms with van der Waals surface area (Å²) in [4.78, 5) is 8.44. The van der Waals surface area contributed by atoms with E-state index in [1.165, 1.54) is 0 Å². The van der Waals surface area contributed by atoms with Gasteiger partial charge in [0, 0.05) is 16.9 Å². The number of H-pyrrole nitrogens is 1. The molecule has 0 bridgehead atoms. The van der Waals surface area contributed by atoms with Crippen LogP contribution in [-0.2, 0) is 0 Å². The number of aromatic nitrogens is 4. The van der Waals surface area contributed by atoms with Gasteiger partial charge in [0.2, 0.25) is 0 Å². The van der Waals surface area contributed by atoms with E-state index in [1.807, 2.05) is 24.3 Å². The lowest BCUT2D eigenvalue weighted by atomic mass is 10.1. The maximum absolute atomic E-state index is 5.94. The summed E-state index contributed by atoms with van der Waals surface area (Å²) in [5, 5.41) is 6.94.